The van der Waals surface area contributed by atoms with Gasteiger partial charge < -0.3 is 20.5 Å². The van der Waals surface area contributed by atoms with Gasteiger partial charge in [0, 0.05) is 38.1 Å². The van der Waals surface area contributed by atoms with E-state index < -0.39 is 5.97 Å². The van der Waals surface area contributed by atoms with Crippen molar-refractivity contribution >= 4 is 22.8 Å². The summed E-state index contributed by atoms with van der Waals surface area (Å²) in [6.07, 6.45) is 8.79. The van der Waals surface area contributed by atoms with Crippen molar-refractivity contribution in [2.45, 2.75) is 38.1 Å². The quantitative estimate of drug-likeness (QED) is 0.412. The van der Waals surface area contributed by atoms with E-state index in [0.29, 0.717) is 17.8 Å². The Kier molecular flexibility index (Phi) is 6.26. The molecule has 3 aromatic rings. The van der Waals surface area contributed by atoms with E-state index in [4.69, 9.17) is 15.1 Å². The molecule has 1 aliphatic heterocycles. The Labute approximate surface area is 184 Å². The molecule has 1 aliphatic carbocycles. The lowest BCUT2D eigenvalue weighted by Crippen LogP contribution is -2.50. The van der Waals surface area contributed by atoms with Gasteiger partial charge in [-0.3, -0.25) is 4.57 Å². The number of carbonyl (C=O) groups is 1. The highest BCUT2D eigenvalue weighted by molar-refractivity contribution is 5.93. The van der Waals surface area contributed by atoms with Crippen LogP contribution in [0.5, 0.6) is 0 Å². The van der Waals surface area contributed by atoms with Crippen molar-refractivity contribution in [3.8, 4) is 5.82 Å². The van der Waals surface area contributed by atoms with Gasteiger partial charge in [-0.1, -0.05) is 6.42 Å². The summed E-state index contributed by atoms with van der Waals surface area (Å²) in [4.78, 5) is 35.6. The maximum Gasteiger partial charge on any atom is 0.335 e. The molecule has 0 bridgehead atoms. The molecule has 3 aromatic heterocycles. The summed E-state index contributed by atoms with van der Waals surface area (Å²) in [7, 11) is 0. The minimum Gasteiger partial charge on any atom is -0.478 e. The largest absolute Gasteiger partial charge is 0.478 e. The topological polar surface area (TPSA) is 146 Å². The molecule has 1 atom stereocenters. The van der Waals surface area contributed by atoms with E-state index in [-0.39, 0.29) is 5.56 Å². The van der Waals surface area contributed by atoms with Gasteiger partial charge in [0.2, 0.25) is 0 Å². The monoisotopic (exact) mass is 439 g/mol. The number of hydrogen-bond donors (Lipinski definition) is 3. The summed E-state index contributed by atoms with van der Waals surface area (Å²) >= 11 is 0. The third kappa shape index (κ3) is 3.98. The molecule has 2 aliphatic rings. The molecule has 1 saturated heterocycles. The van der Waals surface area contributed by atoms with Crippen LogP contribution in [0.4, 0.5) is 5.82 Å². The predicted molar refractivity (Wildman–Crippen MR) is 117 cm³/mol. The normalized spacial score (nSPS) is 18.5. The minimum atomic E-state index is -0.964. The molecule has 168 valence electrons. The molecule has 11 nitrogen and oxygen atoms in total. The van der Waals surface area contributed by atoms with Gasteiger partial charge in [0.1, 0.15) is 18.0 Å². The number of anilines is 1. The van der Waals surface area contributed by atoms with Gasteiger partial charge in [-0.25, -0.2) is 19.7 Å². The summed E-state index contributed by atoms with van der Waals surface area (Å²) < 4.78 is 1.92. The third-order valence-corrected chi connectivity index (χ3v) is 6.15. The number of piperazine rings is 1. The van der Waals surface area contributed by atoms with E-state index in [1.807, 2.05) is 4.57 Å². The van der Waals surface area contributed by atoms with Crippen molar-refractivity contribution in [2.24, 2.45) is 5.34 Å². The highest BCUT2D eigenvalue weighted by atomic mass is 16.6. The van der Waals surface area contributed by atoms with Gasteiger partial charge in [-0.15, -0.1) is 4.91 Å². The van der Waals surface area contributed by atoms with Gasteiger partial charge in [-0.05, 0) is 43.4 Å². The maximum absolute atomic E-state index is 11.4. The summed E-state index contributed by atoms with van der Waals surface area (Å²) in [5.41, 5.74) is 2.25. The van der Waals surface area contributed by atoms with Crippen LogP contribution in [0, 0.1) is 4.91 Å². The van der Waals surface area contributed by atoms with Crippen LogP contribution in [0.25, 0.3) is 16.9 Å². The molecule has 4 heterocycles. The fourth-order valence-electron chi connectivity index (χ4n) is 4.33. The Hall–Kier alpha value is -3.60. The van der Waals surface area contributed by atoms with Gasteiger partial charge in [0.25, 0.3) is 0 Å². The number of fused-ring (bicyclic) bond motifs is 1. The number of aromatic carboxylic acids is 1. The lowest BCUT2D eigenvalue weighted by atomic mass is 9.80. The lowest BCUT2D eigenvalue weighted by Gasteiger charge is -2.35. The molecule has 0 radical (unpaired) electrons. The molecule has 1 saturated carbocycles. The molecule has 5 rings (SSSR count). The number of aromatic nitrogens is 4. The zero-order chi connectivity index (χ0) is 22.7. The van der Waals surface area contributed by atoms with E-state index >= 15 is 0 Å². The Morgan fingerprint density at radius 1 is 1.28 bits per heavy atom. The average molecular weight is 439 g/mol. The Balaban J connectivity index is 0.000000775. The molecule has 0 amide bonds. The highest BCUT2D eigenvalue weighted by Gasteiger charge is 2.30. The molecule has 3 N–H and O–H groups in total. The first kappa shape index (κ1) is 21.6. The Bertz CT molecular complexity index is 1130. The molecule has 0 aromatic carbocycles. The maximum atomic E-state index is 11.4. The van der Waals surface area contributed by atoms with Crippen molar-refractivity contribution in [1.29, 1.82) is 0 Å². The fraction of sp³-hybridized carbons (Fsp3) is 0.429. The standard InChI is InChI=1S/C21H24N6O2.HNO2/c1-13-10-22-7-8-26(13)19-18-16(14-3-2-4-14)11-27(20(18)25-12-24-19)17-9-15(21(28)29)5-6-23-17;2-1-3/h5-6,9,11-14,22H,2-4,7-8,10H2,1H3,(H,28,29);(H,2,3)/t13-;/m0./s1. The number of carboxylic acid groups (broad SMARTS) is 1. The minimum absolute atomic E-state index is 0.215. The predicted octanol–water partition coefficient (Wildman–Crippen LogP) is 2.72. The van der Waals surface area contributed by atoms with E-state index in [0.717, 1.165) is 49.3 Å². The van der Waals surface area contributed by atoms with Crippen molar-refractivity contribution in [1.82, 2.24) is 24.8 Å². The van der Waals surface area contributed by atoms with Crippen molar-refractivity contribution in [2.75, 3.05) is 24.5 Å². The van der Waals surface area contributed by atoms with Crippen LogP contribution in [-0.2, 0) is 0 Å². The first-order valence-corrected chi connectivity index (χ1v) is 10.5. The Morgan fingerprint density at radius 2 is 2.06 bits per heavy atom. The zero-order valence-corrected chi connectivity index (χ0v) is 17.7. The van der Waals surface area contributed by atoms with Gasteiger partial charge in [0.15, 0.2) is 11.0 Å². The highest BCUT2D eigenvalue weighted by Crippen LogP contribution is 2.43. The molecule has 11 heteroatoms. The summed E-state index contributed by atoms with van der Waals surface area (Å²) in [6.45, 7) is 4.96. The van der Waals surface area contributed by atoms with Gasteiger partial charge in [-0.2, -0.15) is 0 Å². The van der Waals surface area contributed by atoms with Crippen LogP contribution in [-0.4, -0.2) is 61.5 Å². The second kappa shape index (κ2) is 9.27. The molecule has 32 heavy (non-hydrogen) atoms. The molecule has 0 unspecified atom stereocenters. The summed E-state index contributed by atoms with van der Waals surface area (Å²) in [5, 5.41) is 21.8. The number of nitrogens with one attached hydrogen (secondary N) is 1. The first-order chi connectivity index (χ1) is 15.5. The van der Waals surface area contributed by atoms with Crippen LogP contribution in [0.15, 0.2) is 36.2 Å². The van der Waals surface area contributed by atoms with Crippen LogP contribution < -0.4 is 10.2 Å². The zero-order valence-electron chi connectivity index (χ0n) is 17.7. The fourth-order valence-corrected chi connectivity index (χ4v) is 4.33. The second-order valence-corrected chi connectivity index (χ2v) is 8.01. The van der Waals surface area contributed by atoms with E-state index in [9.17, 15) is 9.90 Å². The molecule has 0 spiro atoms. The second-order valence-electron chi connectivity index (χ2n) is 8.01. The van der Waals surface area contributed by atoms with Crippen LogP contribution in [0.1, 0.15) is 48.0 Å². The number of rotatable bonds is 4. The van der Waals surface area contributed by atoms with E-state index in [1.165, 1.54) is 29.6 Å². The Morgan fingerprint density at radius 3 is 2.72 bits per heavy atom. The third-order valence-electron chi connectivity index (χ3n) is 6.15. The number of carboxylic acids is 1. The van der Waals surface area contributed by atoms with Crippen LogP contribution in [0.2, 0.25) is 0 Å². The van der Waals surface area contributed by atoms with Crippen LogP contribution >= 0.6 is 0 Å². The SMILES string of the molecule is C[C@H]1CNCCN1c1ncnc2c1c(C1CCC1)cn2-c1cc(C(=O)O)ccn1.O=NO. The molecular weight excluding hydrogens is 414 g/mol. The molecular formula is C21H25N7O4. The molecule has 2 fully saturated rings. The smallest absolute Gasteiger partial charge is 0.335 e. The number of nitrogens with zero attached hydrogens (tertiary/aromatic N) is 6. The number of pyridine rings is 1. The first-order valence-electron chi connectivity index (χ1n) is 10.5. The van der Waals surface area contributed by atoms with Gasteiger partial charge in [0.05, 0.1) is 10.9 Å². The van der Waals surface area contributed by atoms with Gasteiger partial charge >= 0.3 is 5.97 Å². The van der Waals surface area contributed by atoms with Crippen molar-refractivity contribution < 1.29 is 15.1 Å². The van der Waals surface area contributed by atoms with Crippen molar-refractivity contribution in [3.05, 3.63) is 46.9 Å². The van der Waals surface area contributed by atoms with E-state index in [1.54, 1.807) is 12.4 Å². The summed E-state index contributed by atoms with van der Waals surface area (Å²) in [6, 6.07) is 3.45. The van der Waals surface area contributed by atoms with E-state index in [2.05, 4.69) is 33.3 Å². The lowest BCUT2D eigenvalue weighted by molar-refractivity contribution is 0.0696. The number of hydrogen-bond acceptors (Lipinski definition) is 8. The summed E-state index contributed by atoms with van der Waals surface area (Å²) in [5.74, 6) is 1.07. The van der Waals surface area contributed by atoms with Crippen LogP contribution in [0.3, 0.4) is 0 Å². The van der Waals surface area contributed by atoms with Crippen molar-refractivity contribution in [3.63, 3.8) is 0 Å². The average Bonchev–Trinajstić information content (AvgIpc) is 3.13.